The number of rotatable bonds is 6. The number of hydrogen-bond donors (Lipinski definition) is 0. The van der Waals surface area contributed by atoms with Gasteiger partial charge >= 0.3 is 12.1 Å². The molecule has 154 valence electrons. The predicted molar refractivity (Wildman–Crippen MR) is 104 cm³/mol. The van der Waals surface area contributed by atoms with E-state index in [1.54, 1.807) is 38.1 Å². The van der Waals surface area contributed by atoms with Crippen molar-refractivity contribution in [3.63, 3.8) is 0 Å². The second-order valence-corrected chi connectivity index (χ2v) is 7.91. The topological polar surface area (TPSA) is 35.5 Å². The molecular weight excluding hydrogens is 405 g/mol. The standard InChI is InChI=1S/C22H20ClF3O3/c1-21(2)17(12-18(23)22(24,25)26)19(21)20(27)28-13-14-7-6-10-16(11-14)29-15-8-4-3-5-9-15/h3-12,17,19H,13H2,1-2H3/b18-12+. The van der Waals surface area contributed by atoms with Crippen LogP contribution in [0.5, 0.6) is 11.5 Å². The van der Waals surface area contributed by atoms with Gasteiger partial charge in [0.05, 0.1) is 5.92 Å². The Bertz CT molecular complexity index is 907. The molecule has 0 radical (unpaired) electrons. The molecule has 3 rings (SSSR count). The highest BCUT2D eigenvalue weighted by molar-refractivity contribution is 6.30. The summed E-state index contributed by atoms with van der Waals surface area (Å²) in [5, 5.41) is -1.21. The second kappa shape index (κ2) is 8.11. The number of hydrogen-bond acceptors (Lipinski definition) is 3. The molecule has 2 aromatic carbocycles. The van der Waals surface area contributed by atoms with E-state index in [0.29, 0.717) is 17.1 Å². The van der Waals surface area contributed by atoms with Crippen molar-refractivity contribution in [1.29, 1.82) is 0 Å². The van der Waals surface area contributed by atoms with Crippen LogP contribution < -0.4 is 4.74 Å². The number of alkyl halides is 3. The van der Waals surface area contributed by atoms with Crippen LogP contribution in [0.4, 0.5) is 13.2 Å². The average Bonchev–Trinajstić information content (AvgIpc) is 3.20. The lowest BCUT2D eigenvalue weighted by molar-refractivity contribution is -0.147. The van der Waals surface area contributed by atoms with Crippen LogP contribution >= 0.6 is 11.6 Å². The molecule has 29 heavy (non-hydrogen) atoms. The van der Waals surface area contributed by atoms with Crippen molar-refractivity contribution in [2.75, 3.05) is 0 Å². The molecule has 0 saturated heterocycles. The summed E-state index contributed by atoms with van der Waals surface area (Å²) in [7, 11) is 0. The van der Waals surface area contributed by atoms with Crippen LogP contribution in [0.3, 0.4) is 0 Å². The molecule has 0 bridgehead atoms. The smallest absolute Gasteiger partial charge is 0.426 e. The van der Waals surface area contributed by atoms with E-state index in [9.17, 15) is 18.0 Å². The quantitative estimate of drug-likeness (QED) is 0.498. The van der Waals surface area contributed by atoms with Gasteiger partial charge in [0.1, 0.15) is 23.1 Å². The van der Waals surface area contributed by atoms with Crippen molar-refractivity contribution in [2.24, 2.45) is 17.3 Å². The van der Waals surface area contributed by atoms with Gasteiger partial charge in [-0.1, -0.05) is 61.9 Å². The van der Waals surface area contributed by atoms with E-state index in [-0.39, 0.29) is 6.61 Å². The first kappa shape index (κ1) is 21.2. The molecule has 1 saturated carbocycles. The van der Waals surface area contributed by atoms with Crippen LogP contribution in [0.15, 0.2) is 65.7 Å². The average molecular weight is 425 g/mol. The van der Waals surface area contributed by atoms with E-state index < -0.39 is 34.4 Å². The Balaban J connectivity index is 1.60. The molecule has 0 spiro atoms. The molecule has 2 atom stereocenters. The maximum atomic E-state index is 12.7. The lowest BCUT2D eigenvalue weighted by atomic mass is 10.1. The van der Waals surface area contributed by atoms with E-state index in [0.717, 1.165) is 6.08 Å². The molecule has 3 nitrogen and oxygen atoms in total. The Labute approximate surface area is 172 Å². The van der Waals surface area contributed by atoms with Crippen molar-refractivity contribution < 1.29 is 27.4 Å². The lowest BCUT2D eigenvalue weighted by Crippen LogP contribution is -2.11. The highest BCUT2D eigenvalue weighted by Gasteiger charge is 2.62. The summed E-state index contributed by atoms with van der Waals surface area (Å²) in [5.41, 5.74) is 0.0754. The number of benzene rings is 2. The van der Waals surface area contributed by atoms with Gasteiger partial charge in [0.25, 0.3) is 0 Å². The van der Waals surface area contributed by atoms with Gasteiger partial charge in [-0.3, -0.25) is 4.79 Å². The molecule has 0 aromatic heterocycles. The van der Waals surface area contributed by atoms with E-state index in [2.05, 4.69) is 0 Å². The summed E-state index contributed by atoms with van der Waals surface area (Å²) in [6.45, 7) is 3.44. The fourth-order valence-electron chi connectivity index (χ4n) is 3.26. The Kier molecular flexibility index (Phi) is 5.94. The third-order valence-electron chi connectivity index (χ3n) is 5.02. The van der Waals surface area contributed by atoms with Gasteiger partial charge in [0, 0.05) is 0 Å². The van der Waals surface area contributed by atoms with Gasteiger partial charge in [-0.2, -0.15) is 13.2 Å². The van der Waals surface area contributed by atoms with Crippen LogP contribution in [0.1, 0.15) is 19.4 Å². The zero-order valence-corrected chi connectivity index (χ0v) is 16.6. The Morgan fingerprint density at radius 1 is 1.10 bits per heavy atom. The Hall–Kier alpha value is -2.47. The van der Waals surface area contributed by atoms with E-state index in [1.165, 1.54) is 0 Å². The molecule has 2 unspecified atom stereocenters. The summed E-state index contributed by atoms with van der Waals surface area (Å²) >= 11 is 5.32. The van der Waals surface area contributed by atoms with E-state index in [4.69, 9.17) is 21.1 Å². The minimum atomic E-state index is -4.62. The highest BCUT2D eigenvalue weighted by atomic mass is 35.5. The summed E-state index contributed by atoms with van der Waals surface area (Å²) in [6, 6.07) is 16.3. The lowest BCUT2D eigenvalue weighted by Gasteiger charge is -2.09. The van der Waals surface area contributed by atoms with E-state index in [1.807, 2.05) is 30.3 Å². The summed E-state index contributed by atoms with van der Waals surface area (Å²) < 4.78 is 49.0. The van der Waals surface area contributed by atoms with Crippen molar-refractivity contribution >= 4 is 17.6 Å². The molecule has 0 aliphatic heterocycles. The number of esters is 1. The molecule has 1 fully saturated rings. The normalized spacial score (nSPS) is 20.8. The number of allylic oxidation sites excluding steroid dienone is 2. The Morgan fingerprint density at radius 2 is 1.76 bits per heavy atom. The van der Waals surface area contributed by atoms with Gasteiger partial charge in [0.15, 0.2) is 0 Å². The highest BCUT2D eigenvalue weighted by Crippen LogP contribution is 2.60. The number of para-hydroxylation sites is 1. The summed E-state index contributed by atoms with van der Waals surface area (Å²) in [5.74, 6) is -0.552. The molecule has 7 heteroatoms. The van der Waals surface area contributed by atoms with Gasteiger partial charge < -0.3 is 9.47 Å². The summed E-state index contributed by atoms with van der Waals surface area (Å²) in [6.07, 6.45) is -3.71. The fourth-order valence-corrected chi connectivity index (χ4v) is 3.39. The monoisotopic (exact) mass is 424 g/mol. The van der Waals surface area contributed by atoms with Crippen molar-refractivity contribution in [3.05, 3.63) is 71.3 Å². The molecular formula is C22H20ClF3O3. The van der Waals surface area contributed by atoms with E-state index >= 15 is 0 Å². The van der Waals surface area contributed by atoms with Gasteiger partial charge in [0.2, 0.25) is 0 Å². The predicted octanol–water partition coefficient (Wildman–Crippen LogP) is 6.48. The number of carbonyl (C=O) groups is 1. The Morgan fingerprint density at radius 3 is 2.41 bits per heavy atom. The minimum Gasteiger partial charge on any atom is -0.461 e. The van der Waals surface area contributed by atoms with Crippen LogP contribution in [0.25, 0.3) is 0 Å². The summed E-state index contributed by atoms with van der Waals surface area (Å²) in [4.78, 5) is 12.4. The number of carbonyl (C=O) groups excluding carboxylic acids is 1. The van der Waals surface area contributed by atoms with Gasteiger partial charge in [-0.15, -0.1) is 0 Å². The van der Waals surface area contributed by atoms with Crippen molar-refractivity contribution in [3.8, 4) is 11.5 Å². The van der Waals surface area contributed by atoms with Crippen molar-refractivity contribution in [1.82, 2.24) is 0 Å². The first-order chi connectivity index (χ1) is 13.6. The minimum absolute atomic E-state index is 0.000834. The molecule has 2 aromatic rings. The number of halogens is 4. The van der Waals surface area contributed by atoms with Crippen molar-refractivity contribution in [2.45, 2.75) is 26.6 Å². The molecule has 0 heterocycles. The van der Waals surface area contributed by atoms with Gasteiger partial charge in [-0.25, -0.2) is 0 Å². The first-order valence-corrected chi connectivity index (χ1v) is 9.40. The molecule has 0 N–H and O–H groups in total. The SMILES string of the molecule is CC1(C)C(/C=C(/Cl)C(F)(F)F)C1C(=O)OCc1cccc(Oc2ccccc2)c1. The fraction of sp³-hybridized carbons (Fsp3) is 0.318. The van der Waals surface area contributed by atoms with Crippen LogP contribution in [0, 0.1) is 17.3 Å². The molecule has 1 aliphatic carbocycles. The van der Waals surface area contributed by atoms with Crippen LogP contribution in [-0.2, 0) is 16.1 Å². The zero-order chi connectivity index (χ0) is 21.2. The maximum Gasteiger partial charge on any atom is 0.426 e. The van der Waals surface area contributed by atoms with Gasteiger partial charge in [-0.05, 0) is 41.2 Å². The number of ether oxygens (including phenoxy) is 2. The third-order valence-corrected chi connectivity index (χ3v) is 5.36. The first-order valence-electron chi connectivity index (χ1n) is 9.02. The molecule has 1 aliphatic rings. The van der Waals surface area contributed by atoms with Crippen LogP contribution in [-0.4, -0.2) is 12.1 Å². The van der Waals surface area contributed by atoms with Crippen LogP contribution in [0.2, 0.25) is 0 Å². The molecule has 0 amide bonds. The zero-order valence-electron chi connectivity index (χ0n) is 15.9. The maximum absolute atomic E-state index is 12.7. The second-order valence-electron chi connectivity index (χ2n) is 7.51. The largest absolute Gasteiger partial charge is 0.461 e. The third kappa shape index (κ3) is 5.12.